The standard InChI is InChI=1S/C22H15N3O/c26-21-19(15-9-3-1-4-10-15)24-22-23-17-13-7-8-14-18(17)25(22)20(21)16-11-5-2-6-12-16/h1-14,26H. The Morgan fingerprint density at radius 1 is 0.654 bits per heavy atom. The lowest BCUT2D eigenvalue weighted by Crippen LogP contribution is -1.98. The Morgan fingerprint density at radius 2 is 1.27 bits per heavy atom. The first-order valence-corrected chi connectivity index (χ1v) is 8.44. The lowest BCUT2D eigenvalue weighted by molar-refractivity contribution is 0.474. The molecule has 0 bridgehead atoms. The number of benzene rings is 3. The molecule has 4 heteroatoms. The minimum Gasteiger partial charge on any atom is -0.504 e. The van der Waals surface area contributed by atoms with Crippen LogP contribution in [0.4, 0.5) is 0 Å². The molecule has 124 valence electrons. The molecule has 0 aliphatic rings. The molecule has 3 aromatic carbocycles. The fraction of sp³-hybridized carbons (Fsp3) is 0. The molecule has 0 amide bonds. The first-order valence-electron chi connectivity index (χ1n) is 8.44. The SMILES string of the molecule is Oc1c(-c2ccccc2)nc2nc3ccccc3n2c1-c1ccccc1. The highest BCUT2D eigenvalue weighted by Gasteiger charge is 2.20. The van der Waals surface area contributed by atoms with Gasteiger partial charge in [-0.25, -0.2) is 9.97 Å². The topological polar surface area (TPSA) is 50.4 Å². The Labute approximate surface area is 150 Å². The molecule has 0 aliphatic heterocycles. The molecule has 0 atom stereocenters. The van der Waals surface area contributed by atoms with Crippen LogP contribution in [0.1, 0.15) is 0 Å². The molecule has 0 spiro atoms. The van der Waals surface area contributed by atoms with Gasteiger partial charge >= 0.3 is 0 Å². The summed E-state index contributed by atoms with van der Waals surface area (Å²) < 4.78 is 1.92. The van der Waals surface area contributed by atoms with E-state index in [2.05, 4.69) is 9.97 Å². The Balaban J connectivity index is 1.96. The highest BCUT2D eigenvalue weighted by Crippen LogP contribution is 2.38. The van der Waals surface area contributed by atoms with Crippen molar-refractivity contribution >= 4 is 16.8 Å². The van der Waals surface area contributed by atoms with Crippen LogP contribution in [0.2, 0.25) is 0 Å². The normalized spacial score (nSPS) is 11.2. The largest absolute Gasteiger partial charge is 0.504 e. The minimum absolute atomic E-state index is 0.151. The van der Waals surface area contributed by atoms with E-state index in [9.17, 15) is 5.11 Å². The molecular formula is C22H15N3O. The number of para-hydroxylation sites is 2. The molecule has 1 N–H and O–H groups in total. The van der Waals surface area contributed by atoms with Gasteiger partial charge in [-0.3, -0.25) is 4.40 Å². The van der Waals surface area contributed by atoms with Crippen LogP contribution in [0, 0.1) is 0 Å². The van der Waals surface area contributed by atoms with Gasteiger partial charge in [-0.1, -0.05) is 72.8 Å². The molecule has 5 rings (SSSR count). The summed E-state index contributed by atoms with van der Waals surface area (Å²) in [5, 5.41) is 11.2. The number of imidazole rings is 1. The quantitative estimate of drug-likeness (QED) is 0.497. The second-order valence-electron chi connectivity index (χ2n) is 6.13. The van der Waals surface area contributed by atoms with E-state index in [0.29, 0.717) is 17.2 Å². The van der Waals surface area contributed by atoms with Crippen LogP contribution in [0.3, 0.4) is 0 Å². The van der Waals surface area contributed by atoms with E-state index in [0.717, 1.165) is 22.2 Å². The summed E-state index contributed by atoms with van der Waals surface area (Å²) in [5.74, 6) is 0.722. The van der Waals surface area contributed by atoms with Gasteiger partial charge in [-0.2, -0.15) is 0 Å². The van der Waals surface area contributed by atoms with Gasteiger partial charge in [0, 0.05) is 11.1 Å². The smallest absolute Gasteiger partial charge is 0.236 e. The number of aromatic nitrogens is 3. The Kier molecular flexibility index (Phi) is 3.22. The van der Waals surface area contributed by atoms with Gasteiger partial charge < -0.3 is 5.11 Å². The van der Waals surface area contributed by atoms with Crippen LogP contribution < -0.4 is 0 Å². The van der Waals surface area contributed by atoms with Crippen LogP contribution >= 0.6 is 0 Å². The predicted molar refractivity (Wildman–Crippen MR) is 103 cm³/mol. The van der Waals surface area contributed by atoms with Gasteiger partial charge in [0.1, 0.15) is 11.4 Å². The van der Waals surface area contributed by atoms with Crippen molar-refractivity contribution in [3.05, 3.63) is 84.9 Å². The molecule has 0 radical (unpaired) electrons. The van der Waals surface area contributed by atoms with Gasteiger partial charge in [0.25, 0.3) is 0 Å². The predicted octanol–water partition coefficient (Wildman–Crippen LogP) is 4.92. The minimum atomic E-state index is 0.151. The molecule has 2 aromatic heterocycles. The summed E-state index contributed by atoms with van der Waals surface area (Å²) in [4.78, 5) is 9.34. The Bertz CT molecular complexity index is 1230. The number of rotatable bonds is 2. The molecule has 0 aliphatic carbocycles. The summed E-state index contributed by atoms with van der Waals surface area (Å²) in [7, 11) is 0. The summed E-state index contributed by atoms with van der Waals surface area (Å²) in [6.07, 6.45) is 0. The lowest BCUT2D eigenvalue weighted by atomic mass is 10.1. The summed E-state index contributed by atoms with van der Waals surface area (Å²) in [5.41, 5.74) is 4.77. The molecular weight excluding hydrogens is 322 g/mol. The second-order valence-corrected chi connectivity index (χ2v) is 6.13. The average Bonchev–Trinajstić information content (AvgIpc) is 3.07. The highest BCUT2D eigenvalue weighted by molar-refractivity contribution is 5.87. The maximum absolute atomic E-state index is 11.2. The van der Waals surface area contributed by atoms with E-state index < -0.39 is 0 Å². The third-order valence-electron chi connectivity index (χ3n) is 4.52. The van der Waals surface area contributed by atoms with Crippen molar-refractivity contribution in [1.82, 2.24) is 14.4 Å². The molecule has 5 aromatic rings. The zero-order chi connectivity index (χ0) is 17.5. The number of fused-ring (bicyclic) bond motifs is 3. The van der Waals surface area contributed by atoms with Crippen molar-refractivity contribution < 1.29 is 5.11 Å². The van der Waals surface area contributed by atoms with E-state index in [-0.39, 0.29) is 5.75 Å². The Morgan fingerprint density at radius 3 is 2.00 bits per heavy atom. The van der Waals surface area contributed by atoms with E-state index in [1.165, 1.54) is 0 Å². The van der Waals surface area contributed by atoms with Crippen molar-refractivity contribution in [2.45, 2.75) is 0 Å². The van der Waals surface area contributed by atoms with E-state index in [4.69, 9.17) is 0 Å². The van der Waals surface area contributed by atoms with Crippen molar-refractivity contribution in [3.8, 4) is 28.3 Å². The second kappa shape index (κ2) is 5.70. The molecule has 0 saturated carbocycles. The molecule has 26 heavy (non-hydrogen) atoms. The van der Waals surface area contributed by atoms with Gasteiger partial charge in [0.2, 0.25) is 5.78 Å². The first kappa shape index (κ1) is 14.7. The fourth-order valence-corrected chi connectivity index (χ4v) is 3.34. The zero-order valence-corrected chi connectivity index (χ0v) is 13.9. The van der Waals surface area contributed by atoms with Crippen molar-refractivity contribution in [2.24, 2.45) is 0 Å². The summed E-state index contributed by atoms with van der Waals surface area (Å²) in [6, 6.07) is 27.4. The molecule has 0 fully saturated rings. The highest BCUT2D eigenvalue weighted by atomic mass is 16.3. The molecule has 0 unspecified atom stereocenters. The molecule has 2 heterocycles. The van der Waals surface area contributed by atoms with Crippen molar-refractivity contribution in [2.75, 3.05) is 0 Å². The average molecular weight is 337 g/mol. The van der Waals surface area contributed by atoms with E-state index in [1.54, 1.807) is 0 Å². The monoisotopic (exact) mass is 337 g/mol. The van der Waals surface area contributed by atoms with Crippen molar-refractivity contribution in [3.63, 3.8) is 0 Å². The van der Waals surface area contributed by atoms with Crippen molar-refractivity contribution in [1.29, 1.82) is 0 Å². The summed E-state index contributed by atoms with van der Waals surface area (Å²) in [6.45, 7) is 0. The zero-order valence-electron chi connectivity index (χ0n) is 13.9. The fourth-order valence-electron chi connectivity index (χ4n) is 3.34. The van der Waals surface area contributed by atoms with Gasteiger partial charge in [-0.05, 0) is 12.1 Å². The Hall–Kier alpha value is -3.66. The number of hydrogen-bond acceptors (Lipinski definition) is 3. The van der Waals surface area contributed by atoms with E-state index in [1.807, 2.05) is 89.3 Å². The lowest BCUT2D eigenvalue weighted by Gasteiger charge is -2.13. The van der Waals surface area contributed by atoms with Gasteiger partial charge in [0.05, 0.1) is 11.0 Å². The van der Waals surface area contributed by atoms with E-state index >= 15 is 0 Å². The van der Waals surface area contributed by atoms with Crippen LogP contribution in [0.15, 0.2) is 84.9 Å². The first-order chi connectivity index (χ1) is 12.8. The van der Waals surface area contributed by atoms with Crippen LogP contribution in [0.25, 0.3) is 39.3 Å². The summed E-state index contributed by atoms with van der Waals surface area (Å²) >= 11 is 0. The number of hydrogen-bond donors (Lipinski definition) is 1. The third-order valence-corrected chi connectivity index (χ3v) is 4.52. The van der Waals surface area contributed by atoms with Crippen LogP contribution in [0.5, 0.6) is 5.75 Å². The van der Waals surface area contributed by atoms with Gasteiger partial charge in [-0.15, -0.1) is 0 Å². The van der Waals surface area contributed by atoms with Crippen LogP contribution in [-0.4, -0.2) is 19.5 Å². The maximum Gasteiger partial charge on any atom is 0.236 e. The molecule has 4 nitrogen and oxygen atoms in total. The van der Waals surface area contributed by atoms with Crippen LogP contribution in [-0.2, 0) is 0 Å². The molecule has 0 saturated heterocycles. The third kappa shape index (κ3) is 2.16. The number of nitrogens with zero attached hydrogens (tertiary/aromatic N) is 3. The maximum atomic E-state index is 11.2. The number of aromatic hydroxyl groups is 1. The van der Waals surface area contributed by atoms with Gasteiger partial charge in [0.15, 0.2) is 5.75 Å².